The van der Waals surface area contributed by atoms with Crippen molar-refractivity contribution in [2.45, 2.75) is 6.29 Å². The molecule has 0 saturated heterocycles. The molecule has 0 amide bonds. The van der Waals surface area contributed by atoms with Crippen LogP contribution in [0.15, 0.2) is 6.20 Å². The Labute approximate surface area is 59.2 Å². The molecular formula is C6H9N2O2. The quantitative estimate of drug-likeness (QED) is 0.623. The van der Waals surface area contributed by atoms with Crippen molar-refractivity contribution in [3.05, 3.63) is 18.0 Å². The number of aromatic amines is 1. The van der Waals surface area contributed by atoms with E-state index in [4.69, 9.17) is 9.47 Å². The lowest BCUT2D eigenvalue weighted by Gasteiger charge is -2.08. The number of hydrogen-bond acceptors (Lipinski definition) is 3. The molecule has 1 aromatic heterocycles. The molecule has 4 heteroatoms. The normalized spacial score (nSPS) is 10.7. The minimum absolute atomic E-state index is 0.411. The van der Waals surface area contributed by atoms with Crippen LogP contribution in [0, 0.1) is 6.07 Å². The van der Waals surface area contributed by atoms with Gasteiger partial charge in [-0.25, -0.2) is 0 Å². The van der Waals surface area contributed by atoms with Crippen LogP contribution in [0.25, 0.3) is 0 Å². The first-order chi connectivity index (χ1) is 4.88. The van der Waals surface area contributed by atoms with E-state index in [-0.39, 0.29) is 0 Å². The van der Waals surface area contributed by atoms with Gasteiger partial charge in [-0.1, -0.05) is 0 Å². The van der Waals surface area contributed by atoms with E-state index in [9.17, 15) is 0 Å². The average Bonchev–Trinajstić information content (AvgIpc) is 2.43. The van der Waals surface area contributed by atoms with Crippen LogP contribution in [0.1, 0.15) is 12.0 Å². The third-order valence-corrected chi connectivity index (χ3v) is 1.12. The van der Waals surface area contributed by atoms with Crippen molar-refractivity contribution in [1.29, 1.82) is 0 Å². The molecular weight excluding hydrogens is 132 g/mol. The maximum Gasteiger partial charge on any atom is 0.203 e. The Hall–Kier alpha value is -0.870. The van der Waals surface area contributed by atoms with Crippen LogP contribution in [-0.2, 0) is 9.47 Å². The monoisotopic (exact) mass is 141 g/mol. The van der Waals surface area contributed by atoms with Crippen LogP contribution in [-0.4, -0.2) is 24.4 Å². The second kappa shape index (κ2) is 3.34. The maximum atomic E-state index is 4.91. The standard InChI is InChI=1S/C6H9N2O2/c1-9-6(10-2)5-3-4-7-8-5/h4,6H,1-2H3,(H,7,8). The molecule has 1 radical (unpaired) electrons. The molecule has 0 spiro atoms. The lowest BCUT2D eigenvalue weighted by molar-refractivity contribution is -0.108. The fraction of sp³-hybridized carbons (Fsp3) is 0.500. The van der Waals surface area contributed by atoms with Crippen molar-refractivity contribution >= 4 is 0 Å². The zero-order valence-corrected chi connectivity index (χ0v) is 5.92. The summed E-state index contributed by atoms with van der Waals surface area (Å²) in [7, 11) is 3.10. The number of ether oxygens (including phenoxy) is 2. The molecule has 0 unspecified atom stereocenters. The molecule has 0 aliphatic carbocycles. The van der Waals surface area contributed by atoms with E-state index in [0.29, 0.717) is 5.69 Å². The average molecular weight is 141 g/mol. The summed E-state index contributed by atoms with van der Waals surface area (Å²) in [6, 6.07) is 2.82. The zero-order chi connectivity index (χ0) is 7.40. The van der Waals surface area contributed by atoms with Crippen LogP contribution < -0.4 is 0 Å². The van der Waals surface area contributed by atoms with Crippen molar-refractivity contribution in [2.24, 2.45) is 0 Å². The zero-order valence-electron chi connectivity index (χ0n) is 5.92. The summed E-state index contributed by atoms with van der Waals surface area (Å²) < 4.78 is 9.82. The molecule has 1 N–H and O–H groups in total. The Balaban J connectivity index is 2.64. The number of nitrogens with zero attached hydrogens (tertiary/aromatic N) is 1. The summed E-state index contributed by atoms with van der Waals surface area (Å²) in [5.41, 5.74) is 0.630. The molecule has 1 rings (SSSR count). The summed E-state index contributed by atoms with van der Waals surface area (Å²) in [4.78, 5) is 0. The highest BCUT2D eigenvalue weighted by molar-refractivity contribution is 4.96. The second-order valence-corrected chi connectivity index (χ2v) is 1.72. The summed E-state index contributed by atoms with van der Waals surface area (Å²) in [5, 5.41) is 6.44. The van der Waals surface area contributed by atoms with Crippen molar-refractivity contribution < 1.29 is 9.47 Å². The van der Waals surface area contributed by atoms with Crippen LogP contribution in [0.4, 0.5) is 0 Å². The molecule has 0 bridgehead atoms. The number of aromatic nitrogens is 2. The van der Waals surface area contributed by atoms with Crippen molar-refractivity contribution in [1.82, 2.24) is 10.2 Å². The van der Waals surface area contributed by atoms with Gasteiger partial charge in [0.15, 0.2) is 0 Å². The molecule has 0 fully saturated rings. The van der Waals surface area contributed by atoms with Crippen LogP contribution in [0.5, 0.6) is 0 Å². The van der Waals surface area contributed by atoms with Crippen molar-refractivity contribution in [3.8, 4) is 0 Å². The van der Waals surface area contributed by atoms with Gasteiger partial charge in [-0.3, -0.25) is 5.10 Å². The van der Waals surface area contributed by atoms with E-state index in [2.05, 4.69) is 16.3 Å². The van der Waals surface area contributed by atoms with Crippen LogP contribution in [0.3, 0.4) is 0 Å². The molecule has 4 nitrogen and oxygen atoms in total. The van der Waals surface area contributed by atoms with Gasteiger partial charge in [0, 0.05) is 26.5 Å². The van der Waals surface area contributed by atoms with E-state index in [1.807, 2.05) is 0 Å². The van der Waals surface area contributed by atoms with E-state index in [1.54, 1.807) is 20.4 Å². The number of methoxy groups -OCH3 is 2. The van der Waals surface area contributed by atoms with Crippen molar-refractivity contribution in [2.75, 3.05) is 14.2 Å². The summed E-state index contributed by atoms with van der Waals surface area (Å²) in [6.07, 6.45) is 1.19. The van der Waals surface area contributed by atoms with Gasteiger partial charge in [0.05, 0.1) is 0 Å². The summed E-state index contributed by atoms with van der Waals surface area (Å²) in [6.45, 7) is 0. The van der Waals surface area contributed by atoms with Gasteiger partial charge >= 0.3 is 0 Å². The first-order valence-electron chi connectivity index (χ1n) is 2.85. The lowest BCUT2D eigenvalue weighted by atomic mass is 10.4. The predicted molar refractivity (Wildman–Crippen MR) is 34.2 cm³/mol. The van der Waals surface area contributed by atoms with E-state index >= 15 is 0 Å². The highest BCUT2D eigenvalue weighted by Crippen LogP contribution is 2.11. The van der Waals surface area contributed by atoms with E-state index in [0.717, 1.165) is 0 Å². The molecule has 0 aliphatic heterocycles. The minimum Gasteiger partial charge on any atom is -0.350 e. The highest BCUT2D eigenvalue weighted by atomic mass is 16.7. The second-order valence-electron chi connectivity index (χ2n) is 1.72. The first-order valence-corrected chi connectivity index (χ1v) is 2.85. The summed E-state index contributed by atoms with van der Waals surface area (Å²) in [5.74, 6) is 0. The molecule has 55 valence electrons. The predicted octanol–water partition coefficient (Wildman–Crippen LogP) is 0.501. The third kappa shape index (κ3) is 1.34. The van der Waals surface area contributed by atoms with Gasteiger partial charge in [0.25, 0.3) is 0 Å². The van der Waals surface area contributed by atoms with Gasteiger partial charge in [-0.15, -0.1) is 0 Å². The number of rotatable bonds is 3. The topological polar surface area (TPSA) is 47.1 Å². The molecule has 0 atom stereocenters. The first kappa shape index (κ1) is 7.24. The molecule has 10 heavy (non-hydrogen) atoms. The number of nitrogens with one attached hydrogen (secondary N) is 1. The summed E-state index contributed by atoms with van der Waals surface area (Å²) >= 11 is 0. The lowest BCUT2D eigenvalue weighted by Crippen LogP contribution is -2.03. The largest absolute Gasteiger partial charge is 0.350 e. The fourth-order valence-corrected chi connectivity index (χ4v) is 0.681. The van der Waals surface area contributed by atoms with Gasteiger partial charge in [0.1, 0.15) is 5.69 Å². The van der Waals surface area contributed by atoms with Gasteiger partial charge in [-0.2, -0.15) is 5.10 Å². The van der Waals surface area contributed by atoms with Gasteiger partial charge in [-0.05, 0) is 0 Å². The molecule has 0 saturated carbocycles. The maximum absolute atomic E-state index is 4.91. The molecule has 1 heterocycles. The van der Waals surface area contributed by atoms with Crippen LogP contribution in [0.2, 0.25) is 0 Å². The number of H-pyrrole nitrogens is 1. The minimum atomic E-state index is -0.411. The Morgan fingerprint density at radius 3 is 2.70 bits per heavy atom. The third-order valence-electron chi connectivity index (χ3n) is 1.12. The Morgan fingerprint density at radius 2 is 2.30 bits per heavy atom. The van der Waals surface area contributed by atoms with Gasteiger partial charge in [0.2, 0.25) is 6.29 Å². The highest BCUT2D eigenvalue weighted by Gasteiger charge is 2.09. The molecule has 0 aromatic carbocycles. The fourth-order valence-electron chi connectivity index (χ4n) is 0.681. The Kier molecular flexibility index (Phi) is 2.42. The van der Waals surface area contributed by atoms with Gasteiger partial charge < -0.3 is 9.47 Å². The SMILES string of the molecule is COC(OC)c1[c]c[nH]n1. The molecule has 0 aliphatic rings. The van der Waals surface area contributed by atoms with E-state index < -0.39 is 6.29 Å². The Morgan fingerprint density at radius 1 is 1.60 bits per heavy atom. The van der Waals surface area contributed by atoms with Crippen molar-refractivity contribution in [3.63, 3.8) is 0 Å². The Bertz CT molecular complexity index is 170. The number of hydrogen-bond donors (Lipinski definition) is 1. The van der Waals surface area contributed by atoms with Crippen LogP contribution >= 0.6 is 0 Å². The van der Waals surface area contributed by atoms with E-state index in [1.165, 1.54) is 0 Å². The smallest absolute Gasteiger partial charge is 0.203 e. The molecule has 1 aromatic rings.